The van der Waals surface area contributed by atoms with E-state index in [9.17, 15) is 4.79 Å². The summed E-state index contributed by atoms with van der Waals surface area (Å²) in [6.07, 6.45) is 5.09. The summed E-state index contributed by atoms with van der Waals surface area (Å²) in [6.45, 7) is 0.918. The van der Waals surface area contributed by atoms with Gasteiger partial charge in [-0.25, -0.2) is 0 Å². The van der Waals surface area contributed by atoms with E-state index in [0.29, 0.717) is 23.6 Å². The van der Waals surface area contributed by atoms with Gasteiger partial charge >= 0.3 is 0 Å². The Balaban J connectivity index is 1.54. The molecule has 2 aliphatic rings. The van der Waals surface area contributed by atoms with Crippen molar-refractivity contribution >= 4 is 17.5 Å². The summed E-state index contributed by atoms with van der Waals surface area (Å²) in [6, 6.07) is 0. The molecule has 0 aromatic heterocycles. The van der Waals surface area contributed by atoms with Gasteiger partial charge in [0, 0.05) is 18.3 Å². The average molecular weight is 200 g/mol. The number of thioether (sulfide) groups is 1. The molecule has 2 nitrogen and oxygen atoms in total. The number of hydrogen-bond donors (Lipinski definition) is 0. The molecule has 0 aromatic carbocycles. The van der Waals surface area contributed by atoms with Crippen molar-refractivity contribution in [3.8, 4) is 0 Å². The Labute approximate surface area is 83.4 Å². The van der Waals surface area contributed by atoms with Gasteiger partial charge in [0.15, 0.2) is 0 Å². The van der Waals surface area contributed by atoms with E-state index in [2.05, 4.69) is 0 Å². The Kier molecular flexibility index (Phi) is 3.28. The Hall–Kier alpha value is -0.0200. The minimum Gasteiger partial charge on any atom is -0.377 e. The molecule has 0 bridgehead atoms. The van der Waals surface area contributed by atoms with Crippen LogP contribution in [0.2, 0.25) is 0 Å². The van der Waals surface area contributed by atoms with Crippen LogP contribution in [0.5, 0.6) is 0 Å². The van der Waals surface area contributed by atoms with E-state index in [1.807, 2.05) is 0 Å². The van der Waals surface area contributed by atoms with Crippen LogP contribution in [0.1, 0.15) is 25.7 Å². The fourth-order valence-electron chi connectivity index (χ4n) is 1.59. The van der Waals surface area contributed by atoms with Gasteiger partial charge in [-0.15, -0.1) is 0 Å². The zero-order valence-electron chi connectivity index (χ0n) is 7.83. The Morgan fingerprint density at radius 1 is 1.38 bits per heavy atom. The van der Waals surface area contributed by atoms with Crippen LogP contribution in [0.3, 0.4) is 0 Å². The number of rotatable bonds is 5. The van der Waals surface area contributed by atoms with Gasteiger partial charge in [-0.05, 0) is 25.7 Å². The van der Waals surface area contributed by atoms with Crippen molar-refractivity contribution in [2.24, 2.45) is 5.92 Å². The third kappa shape index (κ3) is 2.99. The number of carbonyl (C=O) groups excluding carboxylic acids is 1. The van der Waals surface area contributed by atoms with Gasteiger partial charge in [0.25, 0.3) is 0 Å². The first-order valence-corrected chi connectivity index (χ1v) is 6.24. The molecular weight excluding hydrogens is 184 g/mol. The molecule has 0 spiro atoms. The van der Waals surface area contributed by atoms with E-state index in [0.717, 1.165) is 25.2 Å². The first-order chi connectivity index (χ1) is 6.36. The van der Waals surface area contributed by atoms with Crippen LogP contribution in [0.4, 0.5) is 0 Å². The second-order valence-electron chi connectivity index (χ2n) is 3.89. The van der Waals surface area contributed by atoms with Crippen LogP contribution < -0.4 is 0 Å². The Morgan fingerprint density at radius 3 is 2.85 bits per heavy atom. The largest absolute Gasteiger partial charge is 0.377 e. The standard InChI is InChI=1S/C10H16O2S/c11-10(8-3-4-8)7-13-6-9-2-1-5-12-9/h8-9H,1-7H2. The predicted molar refractivity (Wildman–Crippen MR) is 54.0 cm³/mol. The van der Waals surface area contributed by atoms with E-state index >= 15 is 0 Å². The molecular formula is C10H16O2S. The van der Waals surface area contributed by atoms with Gasteiger partial charge in [0.2, 0.25) is 0 Å². The van der Waals surface area contributed by atoms with Gasteiger partial charge in [-0.1, -0.05) is 0 Å². The molecule has 2 rings (SSSR count). The first-order valence-electron chi connectivity index (χ1n) is 5.08. The molecule has 0 amide bonds. The first kappa shape index (κ1) is 9.53. The van der Waals surface area contributed by atoms with Crippen LogP contribution in [-0.4, -0.2) is 30.0 Å². The molecule has 1 unspecified atom stereocenters. The molecule has 1 saturated heterocycles. The van der Waals surface area contributed by atoms with Crippen LogP contribution in [-0.2, 0) is 9.53 Å². The molecule has 0 aromatic rings. The average Bonchev–Trinajstić information content (AvgIpc) is 2.86. The summed E-state index contributed by atoms with van der Waals surface area (Å²) in [5.41, 5.74) is 0. The number of Topliss-reactive ketones (excluding diaryl/α,β-unsaturated/α-hetero) is 1. The second-order valence-corrected chi connectivity index (χ2v) is 4.92. The number of ether oxygens (including phenoxy) is 1. The molecule has 0 radical (unpaired) electrons. The van der Waals surface area contributed by atoms with E-state index in [-0.39, 0.29) is 0 Å². The molecule has 1 atom stereocenters. The van der Waals surface area contributed by atoms with Crippen molar-refractivity contribution in [1.29, 1.82) is 0 Å². The summed E-state index contributed by atoms with van der Waals surface area (Å²) in [5, 5.41) is 0. The van der Waals surface area contributed by atoms with Crippen LogP contribution in [0.25, 0.3) is 0 Å². The summed E-state index contributed by atoms with van der Waals surface area (Å²) < 4.78 is 5.48. The summed E-state index contributed by atoms with van der Waals surface area (Å²) in [5.74, 6) is 2.61. The van der Waals surface area contributed by atoms with Crippen molar-refractivity contribution in [2.45, 2.75) is 31.8 Å². The van der Waals surface area contributed by atoms with Crippen LogP contribution in [0, 0.1) is 5.92 Å². The van der Waals surface area contributed by atoms with E-state index in [1.165, 1.54) is 12.8 Å². The maximum Gasteiger partial charge on any atom is 0.145 e. The quantitative estimate of drug-likeness (QED) is 0.678. The van der Waals surface area contributed by atoms with Gasteiger partial charge in [0.1, 0.15) is 5.78 Å². The lowest BCUT2D eigenvalue weighted by Gasteiger charge is -2.07. The molecule has 3 heteroatoms. The van der Waals surface area contributed by atoms with Gasteiger partial charge in [0.05, 0.1) is 11.9 Å². The normalized spacial score (nSPS) is 27.8. The SMILES string of the molecule is O=C(CSCC1CCCO1)C1CC1. The summed E-state index contributed by atoms with van der Waals surface area (Å²) >= 11 is 1.75. The highest BCUT2D eigenvalue weighted by Crippen LogP contribution is 2.31. The number of hydrogen-bond acceptors (Lipinski definition) is 3. The van der Waals surface area contributed by atoms with Crippen molar-refractivity contribution in [3.05, 3.63) is 0 Å². The van der Waals surface area contributed by atoms with Crippen LogP contribution in [0.15, 0.2) is 0 Å². The van der Waals surface area contributed by atoms with E-state index in [4.69, 9.17) is 4.74 Å². The third-order valence-electron chi connectivity index (χ3n) is 2.60. The smallest absolute Gasteiger partial charge is 0.145 e. The second kappa shape index (κ2) is 4.47. The molecule has 2 fully saturated rings. The van der Waals surface area contributed by atoms with Gasteiger partial charge in [-0.2, -0.15) is 11.8 Å². The van der Waals surface area contributed by atoms with Gasteiger partial charge < -0.3 is 4.74 Å². The Bertz CT molecular complexity index is 183. The van der Waals surface area contributed by atoms with E-state index < -0.39 is 0 Å². The fraction of sp³-hybridized carbons (Fsp3) is 0.900. The van der Waals surface area contributed by atoms with Crippen molar-refractivity contribution in [3.63, 3.8) is 0 Å². The van der Waals surface area contributed by atoms with Crippen molar-refractivity contribution in [2.75, 3.05) is 18.1 Å². The third-order valence-corrected chi connectivity index (χ3v) is 3.70. The molecule has 1 heterocycles. The minimum atomic E-state index is 0.428. The van der Waals surface area contributed by atoms with E-state index in [1.54, 1.807) is 11.8 Å². The lowest BCUT2D eigenvalue weighted by molar-refractivity contribution is -0.117. The maximum atomic E-state index is 11.3. The molecule has 0 N–H and O–H groups in total. The van der Waals surface area contributed by atoms with Gasteiger partial charge in [-0.3, -0.25) is 4.79 Å². The molecule has 1 saturated carbocycles. The summed E-state index contributed by atoms with van der Waals surface area (Å²) in [7, 11) is 0. The maximum absolute atomic E-state index is 11.3. The summed E-state index contributed by atoms with van der Waals surface area (Å²) in [4.78, 5) is 11.3. The van der Waals surface area contributed by atoms with Crippen molar-refractivity contribution in [1.82, 2.24) is 0 Å². The number of carbonyl (C=O) groups is 1. The molecule has 13 heavy (non-hydrogen) atoms. The molecule has 1 aliphatic carbocycles. The molecule has 1 aliphatic heterocycles. The monoisotopic (exact) mass is 200 g/mol. The predicted octanol–water partition coefficient (Wildman–Crippen LogP) is 1.88. The highest BCUT2D eigenvalue weighted by molar-refractivity contribution is 8.00. The highest BCUT2D eigenvalue weighted by Gasteiger charge is 2.29. The van der Waals surface area contributed by atoms with Crippen molar-refractivity contribution < 1.29 is 9.53 Å². The number of ketones is 1. The molecule has 74 valence electrons. The minimum absolute atomic E-state index is 0.428. The lowest BCUT2D eigenvalue weighted by Crippen LogP contribution is -2.11. The Morgan fingerprint density at radius 2 is 2.23 bits per heavy atom. The topological polar surface area (TPSA) is 26.3 Å². The zero-order chi connectivity index (χ0) is 9.10. The zero-order valence-corrected chi connectivity index (χ0v) is 8.65. The van der Waals surface area contributed by atoms with Crippen LogP contribution >= 0.6 is 11.8 Å². The highest BCUT2D eigenvalue weighted by atomic mass is 32.2. The fourth-order valence-corrected chi connectivity index (χ4v) is 2.67. The lowest BCUT2D eigenvalue weighted by atomic mass is 10.3.